The maximum absolute atomic E-state index is 12.3. The van der Waals surface area contributed by atoms with Crippen molar-refractivity contribution in [3.63, 3.8) is 0 Å². The van der Waals surface area contributed by atoms with Gasteiger partial charge < -0.3 is 15.0 Å². The fourth-order valence-corrected chi connectivity index (χ4v) is 2.20. The molecule has 0 saturated carbocycles. The molecule has 0 spiro atoms. The first-order chi connectivity index (χ1) is 11.2. The summed E-state index contributed by atoms with van der Waals surface area (Å²) in [4.78, 5) is 18.4. The van der Waals surface area contributed by atoms with Crippen LogP contribution in [0.15, 0.2) is 48.7 Å². The van der Waals surface area contributed by atoms with Gasteiger partial charge in [-0.3, -0.25) is 4.98 Å². The zero-order chi connectivity index (χ0) is 16.5. The molecule has 0 saturated heterocycles. The Balaban J connectivity index is 1.89. The van der Waals surface area contributed by atoms with Crippen LogP contribution in [0.25, 0.3) is 0 Å². The van der Waals surface area contributed by atoms with Gasteiger partial charge in [0.2, 0.25) is 0 Å². The van der Waals surface area contributed by atoms with E-state index in [9.17, 15) is 4.79 Å². The molecular formula is C18H23N3O2. The molecule has 0 aliphatic carbocycles. The van der Waals surface area contributed by atoms with Crippen molar-refractivity contribution < 1.29 is 9.53 Å². The van der Waals surface area contributed by atoms with Gasteiger partial charge in [-0.05, 0) is 50.2 Å². The number of carbonyl (C=O) groups is 1. The third-order valence-electron chi connectivity index (χ3n) is 3.45. The summed E-state index contributed by atoms with van der Waals surface area (Å²) in [5, 5.41) is 2.91. The third-order valence-corrected chi connectivity index (χ3v) is 3.45. The lowest BCUT2D eigenvalue weighted by Crippen LogP contribution is -2.36. The zero-order valence-electron chi connectivity index (χ0n) is 13.7. The summed E-state index contributed by atoms with van der Waals surface area (Å²) in [5.41, 5.74) is 1.74. The van der Waals surface area contributed by atoms with Gasteiger partial charge in [0, 0.05) is 37.1 Å². The number of hydrogen-bond donors (Lipinski definition) is 1. The Labute approximate surface area is 137 Å². The van der Waals surface area contributed by atoms with Crippen LogP contribution in [0.5, 0.6) is 5.75 Å². The Morgan fingerprint density at radius 1 is 1.17 bits per heavy atom. The van der Waals surface area contributed by atoms with Crippen molar-refractivity contribution in [2.45, 2.75) is 20.3 Å². The number of amides is 2. The first-order valence-corrected chi connectivity index (χ1v) is 7.91. The molecule has 5 nitrogen and oxygen atoms in total. The van der Waals surface area contributed by atoms with E-state index in [0.717, 1.165) is 23.6 Å². The highest BCUT2D eigenvalue weighted by Gasteiger charge is 2.12. The first kappa shape index (κ1) is 16.8. The molecule has 23 heavy (non-hydrogen) atoms. The normalized spacial score (nSPS) is 10.2. The summed E-state index contributed by atoms with van der Waals surface area (Å²) in [6, 6.07) is 13.1. The van der Waals surface area contributed by atoms with Crippen LogP contribution in [-0.4, -0.2) is 35.6 Å². The van der Waals surface area contributed by atoms with Gasteiger partial charge in [-0.15, -0.1) is 0 Å². The van der Waals surface area contributed by atoms with E-state index in [1.165, 1.54) is 0 Å². The van der Waals surface area contributed by atoms with Gasteiger partial charge in [-0.2, -0.15) is 0 Å². The molecular weight excluding hydrogens is 290 g/mol. The summed E-state index contributed by atoms with van der Waals surface area (Å²) >= 11 is 0. The lowest BCUT2D eigenvalue weighted by atomic mass is 10.2. The number of hydrogen-bond acceptors (Lipinski definition) is 3. The van der Waals surface area contributed by atoms with Gasteiger partial charge in [0.25, 0.3) is 0 Å². The van der Waals surface area contributed by atoms with Gasteiger partial charge >= 0.3 is 6.03 Å². The van der Waals surface area contributed by atoms with Gasteiger partial charge in [0.15, 0.2) is 0 Å². The summed E-state index contributed by atoms with van der Waals surface area (Å²) in [7, 11) is 0. The number of rotatable bonds is 7. The quantitative estimate of drug-likeness (QED) is 0.850. The fraction of sp³-hybridized carbons (Fsp3) is 0.333. The molecule has 1 heterocycles. The second-order valence-corrected chi connectivity index (χ2v) is 5.04. The van der Waals surface area contributed by atoms with Gasteiger partial charge in [-0.25, -0.2) is 4.79 Å². The van der Waals surface area contributed by atoms with E-state index in [1.54, 1.807) is 11.1 Å². The molecule has 1 aromatic heterocycles. The topological polar surface area (TPSA) is 54.5 Å². The largest absolute Gasteiger partial charge is 0.494 e. The van der Waals surface area contributed by atoms with Crippen molar-refractivity contribution in [2.75, 3.05) is 25.0 Å². The van der Waals surface area contributed by atoms with Crippen LogP contribution in [0.1, 0.15) is 19.5 Å². The van der Waals surface area contributed by atoms with Crippen molar-refractivity contribution in [2.24, 2.45) is 0 Å². The van der Waals surface area contributed by atoms with E-state index in [4.69, 9.17) is 4.74 Å². The van der Waals surface area contributed by atoms with Crippen LogP contribution in [0, 0.1) is 0 Å². The van der Waals surface area contributed by atoms with Crippen LogP contribution in [0.4, 0.5) is 10.5 Å². The number of nitrogens with one attached hydrogen (secondary N) is 1. The number of urea groups is 1. The van der Waals surface area contributed by atoms with E-state index in [0.29, 0.717) is 19.7 Å². The molecule has 0 radical (unpaired) electrons. The zero-order valence-corrected chi connectivity index (χ0v) is 13.7. The van der Waals surface area contributed by atoms with E-state index in [1.807, 2.05) is 56.3 Å². The molecule has 122 valence electrons. The standard InChI is InChI=1S/C18H23N3O2/c1-3-21(14-12-15-7-5-6-13-19-15)18(22)20-16-8-10-17(11-9-16)23-4-2/h5-11,13H,3-4,12,14H2,1-2H3,(H,20,22). The fourth-order valence-electron chi connectivity index (χ4n) is 2.20. The van der Waals surface area contributed by atoms with E-state index in [-0.39, 0.29) is 6.03 Å². The number of aromatic nitrogens is 1. The minimum absolute atomic E-state index is 0.104. The van der Waals surface area contributed by atoms with Gasteiger partial charge in [0.1, 0.15) is 5.75 Å². The van der Waals surface area contributed by atoms with Crippen LogP contribution in [0.2, 0.25) is 0 Å². The molecule has 0 bridgehead atoms. The van der Waals surface area contributed by atoms with E-state index in [2.05, 4.69) is 10.3 Å². The minimum Gasteiger partial charge on any atom is -0.494 e. The lowest BCUT2D eigenvalue weighted by Gasteiger charge is -2.21. The average molecular weight is 313 g/mol. The van der Waals surface area contributed by atoms with Gasteiger partial charge in [-0.1, -0.05) is 6.07 Å². The molecule has 5 heteroatoms. The van der Waals surface area contributed by atoms with Crippen LogP contribution in [-0.2, 0) is 6.42 Å². The molecule has 0 unspecified atom stereocenters. The number of likely N-dealkylation sites (N-methyl/N-ethyl adjacent to an activating group) is 1. The van der Waals surface area contributed by atoms with Crippen LogP contribution < -0.4 is 10.1 Å². The summed E-state index contributed by atoms with van der Waals surface area (Å²) in [6.07, 6.45) is 2.51. The Hall–Kier alpha value is -2.56. The Morgan fingerprint density at radius 3 is 2.57 bits per heavy atom. The number of nitrogens with zero attached hydrogens (tertiary/aromatic N) is 2. The van der Waals surface area contributed by atoms with Crippen LogP contribution in [0.3, 0.4) is 0 Å². The minimum atomic E-state index is -0.104. The number of benzene rings is 1. The summed E-state index contributed by atoms with van der Waals surface area (Å²) in [6.45, 7) is 5.82. The predicted octanol–water partition coefficient (Wildman–Crippen LogP) is 3.58. The molecule has 2 amide bonds. The summed E-state index contributed by atoms with van der Waals surface area (Å²) < 4.78 is 5.39. The number of ether oxygens (including phenoxy) is 1. The number of carbonyl (C=O) groups excluding carboxylic acids is 1. The SMILES string of the molecule is CCOc1ccc(NC(=O)N(CC)CCc2ccccn2)cc1. The molecule has 0 fully saturated rings. The number of pyridine rings is 1. The highest BCUT2D eigenvalue weighted by Crippen LogP contribution is 2.16. The molecule has 0 aliphatic rings. The molecule has 0 atom stereocenters. The maximum Gasteiger partial charge on any atom is 0.321 e. The highest BCUT2D eigenvalue weighted by atomic mass is 16.5. The maximum atomic E-state index is 12.3. The van der Waals surface area contributed by atoms with E-state index < -0.39 is 0 Å². The van der Waals surface area contributed by atoms with Crippen molar-refractivity contribution >= 4 is 11.7 Å². The smallest absolute Gasteiger partial charge is 0.321 e. The average Bonchev–Trinajstić information content (AvgIpc) is 2.58. The molecule has 1 aromatic carbocycles. The summed E-state index contributed by atoms with van der Waals surface area (Å²) in [5.74, 6) is 0.799. The van der Waals surface area contributed by atoms with Crippen molar-refractivity contribution in [1.82, 2.24) is 9.88 Å². The lowest BCUT2D eigenvalue weighted by molar-refractivity contribution is 0.215. The molecule has 0 aliphatic heterocycles. The molecule has 2 rings (SSSR count). The predicted molar refractivity (Wildman–Crippen MR) is 91.8 cm³/mol. The monoisotopic (exact) mass is 313 g/mol. The molecule has 1 N–H and O–H groups in total. The van der Waals surface area contributed by atoms with Crippen molar-refractivity contribution in [3.8, 4) is 5.75 Å². The van der Waals surface area contributed by atoms with E-state index >= 15 is 0 Å². The van der Waals surface area contributed by atoms with Crippen LogP contribution >= 0.6 is 0 Å². The second kappa shape index (κ2) is 8.78. The number of anilines is 1. The third kappa shape index (κ3) is 5.29. The van der Waals surface area contributed by atoms with Crippen molar-refractivity contribution in [3.05, 3.63) is 54.4 Å². The molecule has 2 aromatic rings. The second-order valence-electron chi connectivity index (χ2n) is 5.04. The first-order valence-electron chi connectivity index (χ1n) is 7.91. The highest BCUT2D eigenvalue weighted by molar-refractivity contribution is 5.89. The van der Waals surface area contributed by atoms with Gasteiger partial charge in [0.05, 0.1) is 6.61 Å². The van der Waals surface area contributed by atoms with Crippen molar-refractivity contribution in [1.29, 1.82) is 0 Å². The Kier molecular flexibility index (Phi) is 6.41. The Morgan fingerprint density at radius 2 is 1.96 bits per heavy atom. The Bertz CT molecular complexity index is 599.